The van der Waals surface area contributed by atoms with Crippen LogP contribution in [0.5, 0.6) is 0 Å². The number of imidazole rings is 1. The number of rotatable bonds is 4. The van der Waals surface area contributed by atoms with Crippen molar-refractivity contribution in [1.82, 2.24) is 14.5 Å². The van der Waals surface area contributed by atoms with Gasteiger partial charge in [0.15, 0.2) is 5.65 Å². The third kappa shape index (κ3) is 3.75. The average molecular weight is 580 g/mol. The predicted octanol–water partition coefficient (Wildman–Crippen LogP) is 10.9. The number of thiophene rings is 1. The van der Waals surface area contributed by atoms with Gasteiger partial charge in [-0.2, -0.15) is 0 Å². The van der Waals surface area contributed by atoms with E-state index in [0.29, 0.717) is 0 Å². The summed E-state index contributed by atoms with van der Waals surface area (Å²) in [5.41, 5.74) is 6.28. The number of fused-ring (bicyclic) bond motifs is 8. The zero-order chi connectivity index (χ0) is 29.0. The molecule has 0 aliphatic rings. The molecule has 44 heavy (non-hydrogen) atoms. The maximum absolute atomic E-state index is 5.47. The summed E-state index contributed by atoms with van der Waals surface area (Å²) in [4.78, 5) is 13.1. The van der Waals surface area contributed by atoms with Crippen molar-refractivity contribution in [3.8, 4) is 38.0 Å². The zero-order valence-corrected chi connectivity index (χ0v) is 24.5. The second kappa shape index (κ2) is 10.0. The molecule has 3 nitrogen and oxygen atoms in total. The highest BCUT2D eigenvalue weighted by molar-refractivity contribution is 7.21. The maximum atomic E-state index is 5.47. The Labute approximate surface area is 258 Å². The van der Waals surface area contributed by atoms with Crippen LogP contribution in [0.1, 0.15) is 0 Å². The molecule has 0 bridgehead atoms. The molecule has 0 saturated carbocycles. The van der Waals surface area contributed by atoms with Crippen molar-refractivity contribution in [2.45, 2.75) is 0 Å². The number of aromatic nitrogens is 3. The van der Waals surface area contributed by atoms with Crippen LogP contribution in [0.15, 0.2) is 152 Å². The van der Waals surface area contributed by atoms with Crippen LogP contribution >= 0.6 is 11.3 Å². The lowest BCUT2D eigenvalue weighted by Crippen LogP contribution is -1.98. The lowest BCUT2D eigenvalue weighted by molar-refractivity contribution is 1.08. The van der Waals surface area contributed by atoms with E-state index in [4.69, 9.17) is 9.97 Å². The summed E-state index contributed by atoms with van der Waals surface area (Å²) < 4.78 is 2.21. The molecule has 0 atom stereocenters. The van der Waals surface area contributed by atoms with Gasteiger partial charge in [0.2, 0.25) is 0 Å². The van der Waals surface area contributed by atoms with Crippen LogP contribution in [0.25, 0.3) is 81.4 Å². The van der Waals surface area contributed by atoms with Gasteiger partial charge in [-0.15, -0.1) is 11.3 Å². The Hall–Kier alpha value is -5.58. The van der Waals surface area contributed by atoms with Crippen LogP contribution in [0.2, 0.25) is 0 Å². The molecule has 0 aliphatic carbocycles. The Kier molecular flexibility index (Phi) is 5.68. The van der Waals surface area contributed by atoms with E-state index >= 15 is 0 Å². The van der Waals surface area contributed by atoms with Gasteiger partial charge in [-0.3, -0.25) is 4.57 Å². The minimum Gasteiger partial charge on any atom is -0.277 e. The van der Waals surface area contributed by atoms with Gasteiger partial charge in [-0.1, -0.05) is 133 Å². The molecule has 9 aromatic rings. The van der Waals surface area contributed by atoms with Crippen molar-refractivity contribution < 1.29 is 0 Å². The summed E-state index contributed by atoms with van der Waals surface area (Å²) >= 11 is 1.87. The number of benzene rings is 6. The molecule has 9 rings (SSSR count). The summed E-state index contributed by atoms with van der Waals surface area (Å²) in [5.74, 6) is 0.882. The van der Waals surface area contributed by atoms with Gasteiger partial charge in [0.05, 0.1) is 0 Å². The summed E-state index contributed by atoms with van der Waals surface area (Å²) in [6.45, 7) is 0. The van der Waals surface area contributed by atoms with Gasteiger partial charge in [-0.25, -0.2) is 9.97 Å². The van der Waals surface area contributed by atoms with Crippen LogP contribution in [-0.4, -0.2) is 14.5 Å². The molecular formula is C40H25N3S. The molecule has 0 saturated heterocycles. The van der Waals surface area contributed by atoms with Crippen LogP contribution in [0, 0.1) is 0 Å². The van der Waals surface area contributed by atoms with Gasteiger partial charge >= 0.3 is 0 Å². The fourth-order valence-corrected chi connectivity index (χ4v) is 7.86. The lowest BCUT2D eigenvalue weighted by Gasteiger charge is -2.11. The molecule has 0 fully saturated rings. The fourth-order valence-electron chi connectivity index (χ4n) is 6.52. The number of nitrogens with zero attached hydrogens (tertiary/aromatic N) is 3. The molecular weight excluding hydrogens is 555 g/mol. The first-order chi connectivity index (χ1) is 21.9. The minimum absolute atomic E-state index is 0.852. The van der Waals surface area contributed by atoms with E-state index in [1.54, 1.807) is 0 Å². The van der Waals surface area contributed by atoms with Crippen LogP contribution in [0.3, 0.4) is 0 Å². The quantitative estimate of drug-likeness (QED) is 0.194. The Morgan fingerprint density at radius 2 is 0.977 bits per heavy atom. The first kappa shape index (κ1) is 25.0. The third-order valence-corrected chi connectivity index (χ3v) is 9.73. The molecule has 4 heteroatoms. The Balaban J connectivity index is 1.54. The largest absolute Gasteiger partial charge is 0.277 e. The molecule has 6 aromatic carbocycles. The monoisotopic (exact) mass is 579 g/mol. The Bertz CT molecular complexity index is 2460. The first-order valence-electron chi connectivity index (χ1n) is 14.8. The molecule has 3 aromatic heterocycles. The van der Waals surface area contributed by atoms with Gasteiger partial charge in [-0.05, 0) is 34.0 Å². The van der Waals surface area contributed by atoms with E-state index in [9.17, 15) is 0 Å². The van der Waals surface area contributed by atoms with Crippen molar-refractivity contribution in [3.63, 3.8) is 0 Å². The lowest BCUT2D eigenvalue weighted by atomic mass is 9.93. The summed E-state index contributed by atoms with van der Waals surface area (Å²) in [7, 11) is 0. The number of para-hydroxylation sites is 1. The molecule has 3 heterocycles. The first-order valence-corrected chi connectivity index (χ1v) is 15.6. The molecule has 206 valence electrons. The zero-order valence-electron chi connectivity index (χ0n) is 23.7. The van der Waals surface area contributed by atoms with Crippen molar-refractivity contribution in [3.05, 3.63) is 152 Å². The fraction of sp³-hybridized carbons (Fsp3) is 0. The van der Waals surface area contributed by atoms with Crippen LogP contribution in [-0.2, 0) is 0 Å². The standard InChI is InChI=1S/C40H25N3S/c1-5-15-26(16-6-1)37-34-31-24-14-13-23-30(31)32-25-41-40-36(33(32)35(34)38(44-37)27-17-7-2-8-18-27)42-39(28-19-9-3-10-20-28)43(40)29-21-11-4-12-22-29/h1-25H. The van der Waals surface area contributed by atoms with E-state index in [-0.39, 0.29) is 0 Å². The topological polar surface area (TPSA) is 30.7 Å². The summed E-state index contributed by atoms with van der Waals surface area (Å²) in [6, 6.07) is 51.2. The van der Waals surface area contributed by atoms with E-state index < -0.39 is 0 Å². The SMILES string of the molecule is c1ccc(-c2sc(-c3ccccc3)c3c2c2ccccc2c2cnc4c(nc(-c5ccccc5)n4-c4ccccc4)c23)cc1. The second-order valence-corrected chi connectivity index (χ2v) is 12.0. The van der Waals surface area contributed by atoms with Crippen molar-refractivity contribution in [2.75, 3.05) is 0 Å². The van der Waals surface area contributed by atoms with Crippen LogP contribution in [0.4, 0.5) is 0 Å². The number of hydrogen-bond donors (Lipinski definition) is 0. The summed E-state index contributed by atoms with van der Waals surface area (Å²) in [6.07, 6.45) is 2.06. The van der Waals surface area contributed by atoms with E-state index in [0.717, 1.165) is 39.0 Å². The van der Waals surface area contributed by atoms with Gasteiger partial charge < -0.3 is 0 Å². The van der Waals surface area contributed by atoms with Gasteiger partial charge in [0.1, 0.15) is 11.3 Å². The molecule has 0 N–H and O–H groups in total. The number of hydrogen-bond acceptors (Lipinski definition) is 3. The van der Waals surface area contributed by atoms with Crippen molar-refractivity contribution in [2.24, 2.45) is 0 Å². The third-order valence-electron chi connectivity index (χ3n) is 8.44. The summed E-state index contributed by atoms with van der Waals surface area (Å²) in [5, 5.41) is 7.19. The van der Waals surface area contributed by atoms with Crippen molar-refractivity contribution >= 4 is 54.8 Å². The second-order valence-electron chi connectivity index (χ2n) is 11.0. The molecule has 0 spiro atoms. The molecule has 0 amide bonds. The van der Waals surface area contributed by atoms with E-state index in [1.165, 1.54) is 42.4 Å². The Morgan fingerprint density at radius 3 is 1.61 bits per heavy atom. The highest BCUT2D eigenvalue weighted by Gasteiger charge is 2.25. The smallest absolute Gasteiger partial charge is 0.165 e. The Morgan fingerprint density at radius 1 is 0.455 bits per heavy atom. The highest BCUT2D eigenvalue weighted by Crippen LogP contribution is 2.51. The average Bonchev–Trinajstić information content (AvgIpc) is 3.70. The van der Waals surface area contributed by atoms with E-state index in [1.807, 2.05) is 23.5 Å². The molecule has 0 unspecified atom stereocenters. The van der Waals surface area contributed by atoms with E-state index in [2.05, 4.69) is 144 Å². The van der Waals surface area contributed by atoms with Gasteiger partial charge in [0, 0.05) is 48.7 Å². The normalized spacial score (nSPS) is 11.6. The highest BCUT2D eigenvalue weighted by atomic mass is 32.1. The van der Waals surface area contributed by atoms with Crippen LogP contribution < -0.4 is 0 Å². The van der Waals surface area contributed by atoms with Gasteiger partial charge in [0.25, 0.3) is 0 Å². The maximum Gasteiger partial charge on any atom is 0.165 e. The number of pyridine rings is 1. The minimum atomic E-state index is 0.852. The molecule has 0 aliphatic heterocycles. The predicted molar refractivity (Wildman–Crippen MR) is 186 cm³/mol. The molecule has 0 radical (unpaired) electrons. The van der Waals surface area contributed by atoms with Crippen molar-refractivity contribution in [1.29, 1.82) is 0 Å².